The first-order valence-electron chi connectivity index (χ1n) is 6.04. The first-order valence-corrected chi connectivity index (χ1v) is 6.85. The Kier molecular flexibility index (Phi) is 5.70. The fourth-order valence-electron chi connectivity index (χ4n) is 1.68. The summed E-state index contributed by atoms with van der Waals surface area (Å²) in [7, 11) is 0. The van der Waals surface area contributed by atoms with E-state index in [-0.39, 0.29) is 22.6 Å². The van der Waals surface area contributed by atoms with Crippen LogP contribution in [0.3, 0.4) is 0 Å². The van der Waals surface area contributed by atoms with Crippen LogP contribution >= 0.6 is 11.8 Å². The number of benzene rings is 1. The molecule has 2 nitrogen and oxygen atoms in total. The van der Waals surface area contributed by atoms with Gasteiger partial charge in [-0.05, 0) is 35.4 Å². The molecule has 1 unspecified atom stereocenters. The summed E-state index contributed by atoms with van der Waals surface area (Å²) < 4.78 is 36.5. The Morgan fingerprint density at radius 3 is 2.21 bits per heavy atom. The molecule has 0 bridgehead atoms. The van der Waals surface area contributed by atoms with E-state index in [9.17, 15) is 18.3 Å². The van der Waals surface area contributed by atoms with Gasteiger partial charge in [0.1, 0.15) is 0 Å². The minimum Gasteiger partial charge on any atom is -0.391 e. The van der Waals surface area contributed by atoms with Crippen molar-refractivity contribution in [2.45, 2.75) is 42.8 Å². The first kappa shape index (κ1) is 16.3. The Labute approximate surface area is 115 Å². The number of nitrogens with two attached hydrogens (primary N) is 1. The second kappa shape index (κ2) is 6.63. The van der Waals surface area contributed by atoms with Gasteiger partial charge in [0.25, 0.3) is 0 Å². The number of aliphatic hydroxyl groups excluding tert-OH is 1. The van der Waals surface area contributed by atoms with Gasteiger partial charge in [0.2, 0.25) is 0 Å². The van der Waals surface area contributed by atoms with Crippen molar-refractivity contribution in [1.29, 1.82) is 0 Å². The van der Waals surface area contributed by atoms with Crippen LogP contribution in [0.2, 0.25) is 0 Å². The van der Waals surface area contributed by atoms with Gasteiger partial charge in [-0.15, -0.1) is 0 Å². The highest BCUT2D eigenvalue weighted by Crippen LogP contribution is 2.37. The summed E-state index contributed by atoms with van der Waals surface area (Å²) in [5.41, 5.74) is 2.26. The average Bonchev–Trinajstić information content (AvgIpc) is 2.35. The van der Waals surface area contributed by atoms with Crippen molar-refractivity contribution in [2.24, 2.45) is 11.7 Å². The number of hydrogen-bond donors (Lipinski definition) is 2. The van der Waals surface area contributed by atoms with Crippen LogP contribution in [0, 0.1) is 5.92 Å². The Morgan fingerprint density at radius 2 is 1.79 bits per heavy atom. The monoisotopic (exact) mass is 293 g/mol. The molecule has 0 saturated carbocycles. The zero-order valence-electron chi connectivity index (χ0n) is 10.8. The molecule has 1 aromatic rings. The minimum absolute atomic E-state index is 0.0410. The Morgan fingerprint density at radius 1 is 1.26 bits per heavy atom. The summed E-state index contributed by atoms with van der Waals surface area (Å²) in [6.45, 7) is 3.84. The van der Waals surface area contributed by atoms with Gasteiger partial charge in [-0.3, -0.25) is 0 Å². The molecular weight excluding hydrogens is 275 g/mol. The van der Waals surface area contributed by atoms with Crippen LogP contribution < -0.4 is 5.73 Å². The third-order valence-corrected chi connectivity index (χ3v) is 3.83. The standard InChI is InChI=1S/C13H18F3NOS/c1-3-8(2)12(18)11(17)9-4-6-10(7-5-9)19-13(14,15)16/h4-8,11-12,18H,3,17H2,1-2H3/t8?,11-,12+/m1/s1. The molecule has 0 spiro atoms. The van der Waals surface area contributed by atoms with Crippen LogP contribution in [0.5, 0.6) is 0 Å². The predicted octanol–water partition coefficient (Wildman–Crippen LogP) is 3.71. The van der Waals surface area contributed by atoms with E-state index >= 15 is 0 Å². The zero-order valence-corrected chi connectivity index (χ0v) is 11.6. The lowest BCUT2D eigenvalue weighted by atomic mass is 9.92. The molecule has 0 aromatic heterocycles. The summed E-state index contributed by atoms with van der Waals surface area (Å²) >= 11 is -0.163. The maximum Gasteiger partial charge on any atom is 0.446 e. The van der Waals surface area contributed by atoms with Gasteiger partial charge < -0.3 is 10.8 Å². The fourth-order valence-corrected chi connectivity index (χ4v) is 2.22. The Balaban J connectivity index is 2.76. The molecule has 0 aliphatic heterocycles. The Hall–Kier alpha value is -0.720. The molecule has 0 radical (unpaired) electrons. The lowest BCUT2D eigenvalue weighted by molar-refractivity contribution is -0.0328. The van der Waals surface area contributed by atoms with Crippen molar-refractivity contribution in [3.05, 3.63) is 29.8 Å². The van der Waals surface area contributed by atoms with Crippen LogP contribution in [0.4, 0.5) is 13.2 Å². The molecule has 0 saturated heterocycles. The smallest absolute Gasteiger partial charge is 0.391 e. The maximum atomic E-state index is 12.2. The van der Waals surface area contributed by atoms with E-state index in [4.69, 9.17) is 5.73 Å². The van der Waals surface area contributed by atoms with Crippen LogP contribution in [0.25, 0.3) is 0 Å². The van der Waals surface area contributed by atoms with Crippen LogP contribution in [0.1, 0.15) is 31.9 Å². The molecule has 1 aromatic carbocycles. The molecular formula is C13H18F3NOS. The summed E-state index contributed by atoms with van der Waals surface area (Å²) in [6, 6.07) is 5.22. The third kappa shape index (κ3) is 5.04. The number of thioether (sulfide) groups is 1. The van der Waals surface area contributed by atoms with Gasteiger partial charge in [0.15, 0.2) is 0 Å². The van der Waals surface area contributed by atoms with Crippen LogP contribution in [-0.2, 0) is 0 Å². The fraction of sp³-hybridized carbons (Fsp3) is 0.538. The van der Waals surface area contributed by atoms with Gasteiger partial charge in [-0.2, -0.15) is 13.2 Å². The number of aliphatic hydroxyl groups is 1. The molecule has 19 heavy (non-hydrogen) atoms. The highest BCUT2D eigenvalue weighted by atomic mass is 32.2. The van der Waals surface area contributed by atoms with Crippen LogP contribution in [0.15, 0.2) is 29.2 Å². The Bertz CT molecular complexity index is 394. The average molecular weight is 293 g/mol. The molecule has 0 heterocycles. The van der Waals surface area contributed by atoms with E-state index in [0.29, 0.717) is 5.56 Å². The van der Waals surface area contributed by atoms with Gasteiger partial charge in [0, 0.05) is 4.90 Å². The summed E-state index contributed by atoms with van der Waals surface area (Å²) in [5, 5.41) is 9.99. The predicted molar refractivity (Wildman–Crippen MR) is 70.7 cm³/mol. The molecule has 0 fully saturated rings. The van der Waals surface area contributed by atoms with E-state index in [1.165, 1.54) is 24.3 Å². The molecule has 1 rings (SSSR count). The zero-order chi connectivity index (χ0) is 14.6. The first-order chi connectivity index (χ1) is 8.74. The number of hydrogen-bond acceptors (Lipinski definition) is 3. The highest BCUT2D eigenvalue weighted by Gasteiger charge is 2.29. The lowest BCUT2D eigenvalue weighted by Gasteiger charge is -2.24. The largest absolute Gasteiger partial charge is 0.446 e. The number of halogens is 3. The van der Waals surface area contributed by atoms with E-state index in [2.05, 4.69) is 0 Å². The van der Waals surface area contributed by atoms with E-state index in [0.717, 1.165) is 6.42 Å². The second-order valence-electron chi connectivity index (χ2n) is 4.52. The van der Waals surface area contributed by atoms with Crippen molar-refractivity contribution in [2.75, 3.05) is 0 Å². The third-order valence-electron chi connectivity index (χ3n) is 3.09. The molecule has 6 heteroatoms. The second-order valence-corrected chi connectivity index (χ2v) is 5.66. The topological polar surface area (TPSA) is 46.2 Å². The molecule has 3 atom stereocenters. The van der Waals surface area contributed by atoms with E-state index in [1.807, 2.05) is 13.8 Å². The number of rotatable bonds is 5. The van der Waals surface area contributed by atoms with Gasteiger partial charge >= 0.3 is 5.51 Å². The van der Waals surface area contributed by atoms with Gasteiger partial charge in [0.05, 0.1) is 12.1 Å². The number of alkyl halides is 3. The quantitative estimate of drug-likeness (QED) is 0.814. The van der Waals surface area contributed by atoms with Crippen molar-refractivity contribution >= 4 is 11.8 Å². The van der Waals surface area contributed by atoms with Crippen molar-refractivity contribution in [1.82, 2.24) is 0 Å². The van der Waals surface area contributed by atoms with Crippen molar-refractivity contribution in [3.8, 4) is 0 Å². The summed E-state index contributed by atoms with van der Waals surface area (Å²) in [4.78, 5) is 0.112. The summed E-state index contributed by atoms with van der Waals surface area (Å²) in [6.07, 6.45) is 0.0859. The van der Waals surface area contributed by atoms with E-state index < -0.39 is 17.7 Å². The van der Waals surface area contributed by atoms with E-state index in [1.54, 1.807) is 0 Å². The van der Waals surface area contributed by atoms with Gasteiger partial charge in [-0.1, -0.05) is 32.4 Å². The highest BCUT2D eigenvalue weighted by molar-refractivity contribution is 8.00. The van der Waals surface area contributed by atoms with Crippen molar-refractivity contribution in [3.63, 3.8) is 0 Å². The van der Waals surface area contributed by atoms with Crippen molar-refractivity contribution < 1.29 is 18.3 Å². The van der Waals surface area contributed by atoms with Crippen LogP contribution in [-0.4, -0.2) is 16.7 Å². The normalized spacial score (nSPS) is 17.0. The molecule has 3 N–H and O–H groups in total. The lowest BCUT2D eigenvalue weighted by Crippen LogP contribution is -2.31. The summed E-state index contributed by atoms with van der Waals surface area (Å²) in [5.74, 6) is 0.0410. The minimum atomic E-state index is -4.29. The molecule has 0 aliphatic carbocycles. The van der Waals surface area contributed by atoms with Gasteiger partial charge in [-0.25, -0.2) is 0 Å². The molecule has 108 valence electrons. The SMILES string of the molecule is CCC(C)[C@H](O)[C@H](N)c1ccc(SC(F)(F)F)cc1. The molecule has 0 amide bonds. The maximum absolute atomic E-state index is 12.2. The molecule has 0 aliphatic rings.